The Morgan fingerprint density at radius 2 is 2.29 bits per heavy atom. The lowest BCUT2D eigenvalue weighted by molar-refractivity contribution is 0.0600. The second-order valence-corrected chi connectivity index (χ2v) is 4.31. The van der Waals surface area contributed by atoms with Crippen LogP contribution >= 0.6 is 0 Å². The molecule has 0 aromatic heterocycles. The Labute approximate surface area is 101 Å². The van der Waals surface area contributed by atoms with E-state index in [0.29, 0.717) is 5.56 Å². The van der Waals surface area contributed by atoms with Crippen LogP contribution in [0.25, 0.3) is 0 Å². The summed E-state index contributed by atoms with van der Waals surface area (Å²) < 4.78 is 10.5. The summed E-state index contributed by atoms with van der Waals surface area (Å²) in [5, 5.41) is 0. The molecule has 1 unspecified atom stereocenters. The predicted molar refractivity (Wildman–Crippen MR) is 64.3 cm³/mol. The third kappa shape index (κ3) is 2.97. The van der Waals surface area contributed by atoms with E-state index in [0.717, 1.165) is 25.3 Å². The summed E-state index contributed by atoms with van der Waals surface area (Å²) in [5.74, 6) is 0.396. The highest BCUT2D eigenvalue weighted by Gasteiger charge is 2.21. The molecular weight excluding hydrogens is 218 g/mol. The average molecular weight is 235 g/mol. The number of esters is 1. The normalized spacial score (nSPS) is 20.2. The van der Waals surface area contributed by atoms with Gasteiger partial charge in [0.25, 0.3) is 0 Å². The first-order chi connectivity index (χ1) is 8.19. The lowest BCUT2D eigenvalue weighted by Crippen LogP contribution is -2.21. The molecule has 92 valence electrons. The van der Waals surface area contributed by atoms with Crippen LogP contribution in [0.1, 0.15) is 16.8 Å². The minimum atomic E-state index is -0.334. The van der Waals surface area contributed by atoms with Crippen molar-refractivity contribution in [2.45, 2.75) is 12.5 Å². The standard InChI is InChI=1S/C13H17NO3/c1-14-7-6-12(9-14)17-11-5-3-4-10(8-11)13(15)16-2/h3-5,8,12H,6-7,9H2,1-2H3. The quantitative estimate of drug-likeness (QED) is 0.745. The zero-order chi connectivity index (χ0) is 12.3. The van der Waals surface area contributed by atoms with Crippen molar-refractivity contribution in [3.05, 3.63) is 29.8 Å². The lowest BCUT2D eigenvalue weighted by atomic mass is 10.2. The summed E-state index contributed by atoms with van der Waals surface area (Å²) >= 11 is 0. The molecule has 0 aliphatic carbocycles. The van der Waals surface area contributed by atoms with E-state index in [1.165, 1.54) is 7.11 Å². The van der Waals surface area contributed by atoms with Gasteiger partial charge in [-0.3, -0.25) is 0 Å². The fraction of sp³-hybridized carbons (Fsp3) is 0.462. The van der Waals surface area contributed by atoms with Gasteiger partial charge in [-0.05, 0) is 31.7 Å². The number of hydrogen-bond donors (Lipinski definition) is 0. The molecule has 1 aliphatic heterocycles. The Morgan fingerprint density at radius 1 is 1.47 bits per heavy atom. The lowest BCUT2D eigenvalue weighted by Gasteiger charge is -2.14. The van der Waals surface area contributed by atoms with E-state index in [2.05, 4.69) is 16.7 Å². The van der Waals surface area contributed by atoms with Crippen LogP contribution in [0.15, 0.2) is 24.3 Å². The van der Waals surface area contributed by atoms with E-state index in [-0.39, 0.29) is 12.1 Å². The largest absolute Gasteiger partial charge is 0.489 e. The number of methoxy groups -OCH3 is 1. The number of benzene rings is 1. The van der Waals surface area contributed by atoms with Gasteiger partial charge >= 0.3 is 5.97 Å². The highest BCUT2D eigenvalue weighted by molar-refractivity contribution is 5.89. The van der Waals surface area contributed by atoms with E-state index in [1.54, 1.807) is 18.2 Å². The molecule has 0 amide bonds. The van der Waals surface area contributed by atoms with Crippen LogP contribution in [0.3, 0.4) is 0 Å². The topological polar surface area (TPSA) is 38.8 Å². The molecule has 1 heterocycles. The number of nitrogens with zero attached hydrogens (tertiary/aromatic N) is 1. The van der Waals surface area contributed by atoms with Gasteiger partial charge in [0.2, 0.25) is 0 Å². The number of carbonyl (C=O) groups is 1. The summed E-state index contributed by atoms with van der Waals surface area (Å²) in [6, 6.07) is 7.12. The van der Waals surface area contributed by atoms with Gasteiger partial charge in [-0.25, -0.2) is 4.79 Å². The summed E-state index contributed by atoms with van der Waals surface area (Å²) in [6.45, 7) is 1.99. The zero-order valence-electron chi connectivity index (χ0n) is 10.2. The second-order valence-electron chi connectivity index (χ2n) is 4.31. The molecule has 4 nitrogen and oxygen atoms in total. The SMILES string of the molecule is COC(=O)c1cccc(OC2CCN(C)C2)c1. The van der Waals surface area contributed by atoms with E-state index in [4.69, 9.17) is 4.74 Å². The number of hydrogen-bond acceptors (Lipinski definition) is 4. The van der Waals surface area contributed by atoms with Crippen molar-refractivity contribution in [3.8, 4) is 5.75 Å². The van der Waals surface area contributed by atoms with Crippen molar-refractivity contribution in [2.24, 2.45) is 0 Å². The third-order valence-corrected chi connectivity index (χ3v) is 2.91. The van der Waals surface area contributed by atoms with Crippen LogP contribution in [0.2, 0.25) is 0 Å². The number of rotatable bonds is 3. The molecule has 0 spiro atoms. The van der Waals surface area contributed by atoms with E-state index in [9.17, 15) is 4.79 Å². The molecule has 2 rings (SSSR count). The van der Waals surface area contributed by atoms with Gasteiger partial charge in [-0.1, -0.05) is 6.07 Å². The molecular formula is C13H17NO3. The van der Waals surface area contributed by atoms with Gasteiger partial charge in [0.05, 0.1) is 12.7 Å². The van der Waals surface area contributed by atoms with Gasteiger partial charge in [0.15, 0.2) is 0 Å². The average Bonchev–Trinajstić information content (AvgIpc) is 2.74. The Kier molecular flexibility index (Phi) is 3.64. The molecule has 4 heteroatoms. The Bertz CT molecular complexity index is 405. The fourth-order valence-electron chi connectivity index (χ4n) is 2.00. The monoisotopic (exact) mass is 235 g/mol. The smallest absolute Gasteiger partial charge is 0.337 e. The van der Waals surface area contributed by atoms with Crippen molar-refractivity contribution in [2.75, 3.05) is 27.2 Å². The van der Waals surface area contributed by atoms with Crippen molar-refractivity contribution in [1.82, 2.24) is 4.90 Å². The van der Waals surface area contributed by atoms with Gasteiger partial charge in [0, 0.05) is 13.1 Å². The maximum atomic E-state index is 11.4. The molecule has 1 aromatic rings. The van der Waals surface area contributed by atoms with Crippen molar-refractivity contribution < 1.29 is 14.3 Å². The number of likely N-dealkylation sites (N-methyl/N-ethyl adjacent to an activating group) is 1. The molecule has 0 saturated carbocycles. The maximum Gasteiger partial charge on any atom is 0.337 e. The van der Waals surface area contributed by atoms with Gasteiger partial charge in [-0.15, -0.1) is 0 Å². The molecule has 1 fully saturated rings. The van der Waals surface area contributed by atoms with Crippen molar-refractivity contribution >= 4 is 5.97 Å². The summed E-state index contributed by atoms with van der Waals surface area (Å²) in [4.78, 5) is 13.6. The van der Waals surface area contributed by atoms with Gasteiger partial charge in [-0.2, -0.15) is 0 Å². The first kappa shape index (κ1) is 11.9. The minimum absolute atomic E-state index is 0.216. The Hall–Kier alpha value is -1.55. The first-order valence-electron chi connectivity index (χ1n) is 5.72. The van der Waals surface area contributed by atoms with Crippen molar-refractivity contribution in [3.63, 3.8) is 0 Å². The molecule has 1 aliphatic rings. The summed E-state index contributed by atoms with van der Waals surface area (Å²) in [6.07, 6.45) is 1.24. The van der Waals surface area contributed by atoms with Crippen molar-refractivity contribution in [1.29, 1.82) is 0 Å². The minimum Gasteiger partial charge on any atom is -0.489 e. The molecule has 0 radical (unpaired) electrons. The van der Waals surface area contributed by atoms with E-state index in [1.807, 2.05) is 6.07 Å². The third-order valence-electron chi connectivity index (χ3n) is 2.91. The van der Waals surface area contributed by atoms with Gasteiger partial charge in [0.1, 0.15) is 11.9 Å². The first-order valence-corrected chi connectivity index (χ1v) is 5.72. The van der Waals surface area contributed by atoms with Crippen LogP contribution in [-0.4, -0.2) is 44.2 Å². The Balaban J connectivity index is 2.03. The maximum absolute atomic E-state index is 11.4. The van der Waals surface area contributed by atoms with Crippen LogP contribution in [0.4, 0.5) is 0 Å². The zero-order valence-corrected chi connectivity index (χ0v) is 10.2. The predicted octanol–water partition coefficient (Wildman–Crippen LogP) is 1.56. The van der Waals surface area contributed by atoms with Crippen LogP contribution in [0.5, 0.6) is 5.75 Å². The Morgan fingerprint density at radius 3 is 2.94 bits per heavy atom. The second kappa shape index (κ2) is 5.19. The molecule has 1 aromatic carbocycles. The molecule has 0 bridgehead atoms. The summed E-state index contributed by atoms with van der Waals surface area (Å²) in [7, 11) is 3.45. The number of likely N-dealkylation sites (tertiary alicyclic amines) is 1. The highest BCUT2D eigenvalue weighted by atomic mass is 16.5. The molecule has 0 N–H and O–H groups in total. The van der Waals surface area contributed by atoms with E-state index < -0.39 is 0 Å². The number of ether oxygens (including phenoxy) is 2. The summed E-state index contributed by atoms with van der Waals surface area (Å²) in [5.41, 5.74) is 0.524. The van der Waals surface area contributed by atoms with Gasteiger partial charge < -0.3 is 14.4 Å². The molecule has 1 saturated heterocycles. The van der Waals surface area contributed by atoms with Crippen LogP contribution < -0.4 is 4.74 Å². The molecule has 1 atom stereocenters. The van der Waals surface area contributed by atoms with Crippen LogP contribution in [0, 0.1) is 0 Å². The number of carbonyl (C=O) groups excluding carboxylic acids is 1. The highest BCUT2D eigenvalue weighted by Crippen LogP contribution is 2.19. The fourth-order valence-corrected chi connectivity index (χ4v) is 2.00. The van der Waals surface area contributed by atoms with Crippen LogP contribution in [-0.2, 0) is 4.74 Å². The van der Waals surface area contributed by atoms with E-state index >= 15 is 0 Å². The molecule has 17 heavy (non-hydrogen) atoms.